The number of methoxy groups -OCH3 is 3. The fourth-order valence-electron chi connectivity index (χ4n) is 1.84. The second kappa shape index (κ2) is 6.06. The average molecular weight is 273 g/mol. The van der Waals surface area contributed by atoms with Crippen molar-refractivity contribution in [3.05, 3.63) is 47.8 Å². The maximum atomic E-state index is 12.5. The Kier molecular flexibility index (Phi) is 4.20. The van der Waals surface area contributed by atoms with E-state index in [-0.39, 0.29) is 11.5 Å². The van der Waals surface area contributed by atoms with Gasteiger partial charge in [-0.25, -0.2) is 4.98 Å². The van der Waals surface area contributed by atoms with Crippen molar-refractivity contribution in [2.45, 2.75) is 0 Å². The summed E-state index contributed by atoms with van der Waals surface area (Å²) in [5.74, 6) is 1.26. The van der Waals surface area contributed by atoms with Gasteiger partial charge in [0.05, 0.1) is 21.3 Å². The molecule has 0 radical (unpaired) electrons. The summed E-state index contributed by atoms with van der Waals surface area (Å²) in [6.45, 7) is 0. The van der Waals surface area contributed by atoms with Gasteiger partial charge in [-0.2, -0.15) is 0 Å². The number of ketones is 1. The summed E-state index contributed by atoms with van der Waals surface area (Å²) in [6, 6.07) is 8.37. The van der Waals surface area contributed by atoms with Crippen LogP contribution in [0, 0.1) is 0 Å². The van der Waals surface area contributed by atoms with E-state index in [0.717, 1.165) is 0 Å². The van der Waals surface area contributed by atoms with Crippen molar-refractivity contribution < 1.29 is 19.0 Å². The molecule has 0 atom stereocenters. The first-order chi connectivity index (χ1) is 9.71. The molecule has 0 amide bonds. The Labute approximate surface area is 117 Å². The lowest BCUT2D eigenvalue weighted by molar-refractivity contribution is 0.103. The van der Waals surface area contributed by atoms with Crippen LogP contribution in [0.5, 0.6) is 17.2 Å². The van der Waals surface area contributed by atoms with E-state index in [2.05, 4.69) is 4.98 Å². The number of carbonyl (C=O) groups excluding carboxylic acids is 1. The highest BCUT2D eigenvalue weighted by atomic mass is 16.5. The molecule has 0 unspecified atom stereocenters. The molecule has 104 valence electrons. The van der Waals surface area contributed by atoms with Crippen LogP contribution in [0.15, 0.2) is 36.5 Å². The number of benzene rings is 1. The molecular formula is C15H15NO4. The molecule has 2 rings (SSSR count). The SMILES string of the molecule is COc1ccc(C(=O)c2ncccc2OC)cc1OC. The molecule has 2 aromatic rings. The Morgan fingerprint density at radius 3 is 2.30 bits per heavy atom. The second-order valence-corrected chi connectivity index (χ2v) is 3.95. The van der Waals surface area contributed by atoms with E-state index < -0.39 is 0 Å². The average Bonchev–Trinajstić information content (AvgIpc) is 2.53. The minimum atomic E-state index is -0.233. The second-order valence-electron chi connectivity index (χ2n) is 3.95. The Balaban J connectivity index is 2.43. The van der Waals surface area contributed by atoms with Gasteiger partial charge in [0, 0.05) is 11.8 Å². The lowest BCUT2D eigenvalue weighted by Crippen LogP contribution is -2.07. The summed E-state index contributed by atoms with van der Waals surface area (Å²) in [5, 5.41) is 0. The lowest BCUT2D eigenvalue weighted by atomic mass is 10.1. The third-order valence-corrected chi connectivity index (χ3v) is 2.85. The normalized spacial score (nSPS) is 9.95. The molecule has 0 saturated carbocycles. The van der Waals surface area contributed by atoms with Gasteiger partial charge in [-0.3, -0.25) is 4.79 Å². The van der Waals surface area contributed by atoms with E-state index in [0.29, 0.717) is 22.8 Å². The molecule has 5 nitrogen and oxygen atoms in total. The van der Waals surface area contributed by atoms with Crippen LogP contribution < -0.4 is 14.2 Å². The molecule has 5 heteroatoms. The van der Waals surface area contributed by atoms with Gasteiger partial charge >= 0.3 is 0 Å². The number of ether oxygens (including phenoxy) is 3. The molecule has 0 bridgehead atoms. The minimum absolute atomic E-state index is 0.233. The monoisotopic (exact) mass is 273 g/mol. The van der Waals surface area contributed by atoms with Crippen LogP contribution in [0.1, 0.15) is 16.1 Å². The first kappa shape index (κ1) is 13.9. The predicted molar refractivity (Wildman–Crippen MR) is 73.8 cm³/mol. The van der Waals surface area contributed by atoms with Crippen LogP contribution in [0.2, 0.25) is 0 Å². The Morgan fingerprint density at radius 2 is 1.65 bits per heavy atom. The number of rotatable bonds is 5. The molecule has 1 aromatic heterocycles. The van der Waals surface area contributed by atoms with E-state index in [9.17, 15) is 4.79 Å². The van der Waals surface area contributed by atoms with Crippen LogP contribution in [-0.4, -0.2) is 32.1 Å². The summed E-state index contributed by atoms with van der Waals surface area (Å²) in [7, 11) is 4.57. The van der Waals surface area contributed by atoms with Crippen molar-refractivity contribution in [2.75, 3.05) is 21.3 Å². The molecule has 0 aliphatic heterocycles. The van der Waals surface area contributed by atoms with E-state index in [4.69, 9.17) is 14.2 Å². The van der Waals surface area contributed by atoms with E-state index in [1.807, 2.05) is 0 Å². The van der Waals surface area contributed by atoms with Crippen molar-refractivity contribution in [2.24, 2.45) is 0 Å². The molecule has 0 fully saturated rings. The van der Waals surface area contributed by atoms with E-state index >= 15 is 0 Å². The van der Waals surface area contributed by atoms with Crippen molar-refractivity contribution in [1.29, 1.82) is 0 Å². The van der Waals surface area contributed by atoms with Crippen LogP contribution in [-0.2, 0) is 0 Å². The molecule has 0 N–H and O–H groups in total. The van der Waals surface area contributed by atoms with E-state index in [1.54, 1.807) is 43.6 Å². The molecule has 20 heavy (non-hydrogen) atoms. The van der Waals surface area contributed by atoms with Crippen molar-refractivity contribution in [3.63, 3.8) is 0 Å². The molecule has 1 heterocycles. The number of hydrogen-bond donors (Lipinski definition) is 0. The topological polar surface area (TPSA) is 57.7 Å². The Bertz CT molecular complexity index is 625. The zero-order chi connectivity index (χ0) is 14.5. The lowest BCUT2D eigenvalue weighted by Gasteiger charge is -2.10. The zero-order valence-corrected chi connectivity index (χ0v) is 11.5. The summed E-state index contributed by atoms with van der Waals surface area (Å²) < 4.78 is 15.5. The van der Waals surface area contributed by atoms with Crippen LogP contribution >= 0.6 is 0 Å². The highest BCUT2D eigenvalue weighted by Crippen LogP contribution is 2.29. The highest BCUT2D eigenvalue weighted by molar-refractivity contribution is 6.09. The van der Waals surface area contributed by atoms with Crippen LogP contribution in [0.4, 0.5) is 0 Å². The fraction of sp³-hybridized carbons (Fsp3) is 0.200. The number of aromatic nitrogens is 1. The first-order valence-electron chi connectivity index (χ1n) is 5.97. The number of nitrogens with zero attached hydrogens (tertiary/aromatic N) is 1. The first-order valence-corrected chi connectivity index (χ1v) is 5.97. The van der Waals surface area contributed by atoms with Gasteiger partial charge in [-0.1, -0.05) is 0 Å². The van der Waals surface area contributed by atoms with Crippen LogP contribution in [0.25, 0.3) is 0 Å². The maximum absolute atomic E-state index is 12.5. The van der Waals surface area contributed by atoms with Crippen molar-refractivity contribution in [3.8, 4) is 17.2 Å². The third kappa shape index (κ3) is 2.56. The quantitative estimate of drug-likeness (QED) is 0.783. The van der Waals surface area contributed by atoms with Gasteiger partial charge in [-0.15, -0.1) is 0 Å². The minimum Gasteiger partial charge on any atom is -0.494 e. The van der Waals surface area contributed by atoms with E-state index in [1.165, 1.54) is 14.2 Å². The maximum Gasteiger partial charge on any atom is 0.215 e. The molecular weight excluding hydrogens is 258 g/mol. The van der Waals surface area contributed by atoms with Crippen molar-refractivity contribution in [1.82, 2.24) is 4.98 Å². The molecule has 0 spiro atoms. The highest BCUT2D eigenvalue weighted by Gasteiger charge is 2.17. The molecule has 1 aromatic carbocycles. The fourth-order valence-corrected chi connectivity index (χ4v) is 1.84. The van der Waals surface area contributed by atoms with Crippen LogP contribution in [0.3, 0.4) is 0 Å². The number of hydrogen-bond acceptors (Lipinski definition) is 5. The van der Waals surface area contributed by atoms with Gasteiger partial charge in [0.15, 0.2) is 17.2 Å². The number of pyridine rings is 1. The summed E-state index contributed by atoms with van der Waals surface area (Å²) in [5.41, 5.74) is 0.724. The third-order valence-electron chi connectivity index (χ3n) is 2.85. The summed E-state index contributed by atoms with van der Waals surface area (Å²) in [4.78, 5) is 16.5. The van der Waals surface area contributed by atoms with Gasteiger partial charge < -0.3 is 14.2 Å². The van der Waals surface area contributed by atoms with Gasteiger partial charge in [0.1, 0.15) is 5.75 Å². The predicted octanol–water partition coefficient (Wildman–Crippen LogP) is 2.34. The summed E-state index contributed by atoms with van der Waals surface area (Å²) >= 11 is 0. The summed E-state index contributed by atoms with van der Waals surface area (Å²) in [6.07, 6.45) is 1.55. The Morgan fingerprint density at radius 1 is 0.950 bits per heavy atom. The van der Waals surface area contributed by atoms with Gasteiger partial charge in [0.25, 0.3) is 0 Å². The Hall–Kier alpha value is -2.56. The molecule has 0 aliphatic rings. The smallest absolute Gasteiger partial charge is 0.215 e. The largest absolute Gasteiger partial charge is 0.494 e. The van der Waals surface area contributed by atoms with Gasteiger partial charge in [-0.05, 0) is 30.3 Å². The van der Waals surface area contributed by atoms with Crippen molar-refractivity contribution >= 4 is 5.78 Å². The van der Waals surface area contributed by atoms with Gasteiger partial charge in [0.2, 0.25) is 5.78 Å². The standard InChI is InChI=1S/C15H15NO4/c1-18-11-7-6-10(9-13(11)20-3)15(17)14-12(19-2)5-4-8-16-14/h4-9H,1-3H3. The molecule has 0 aliphatic carbocycles. The zero-order valence-electron chi connectivity index (χ0n) is 11.5. The molecule has 0 saturated heterocycles. The number of carbonyl (C=O) groups is 1.